The number of hydrogen-bond donors (Lipinski definition) is 0. The molecule has 0 radical (unpaired) electrons. The van der Waals surface area contributed by atoms with Gasteiger partial charge in [-0.15, -0.1) is 0 Å². The van der Waals surface area contributed by atoms with E-state index in [0.29, 0.717) is 0 Å². The number of piperidine rings is 1. The molecular weight excluding hydrogens is 340 g/mol. The summed E-state index contributed by atoms with van der Waals surface area (Å²) in [5, 5.41) is 0. The van der Waals surface area contributed by atoms with Crippen LogP contribution in [-0.4, -0.2) is 40.1 Å². The van der Waals surface area contributed by atoms with Crippen LogP contribution in [0, 0.1) is 0 Å². The summed E-state index contributed by atoms with van der Waals surface area (Å²) in [6.45, 7) is 0. The number of rotatable bonds is 3. The van der Waals surface area contributed by atoms with Crippen LogP contribution in [0.1, 0.15) is 37.7 Å². The minimum atomic E-state index is -0.348. The first-order valence-corrected chi connectivity index (χ1v) is 9.91. The number of fused-ring (bicyclic) bond motifs is 3. The Bertz CT molecular complexity index is 811. The second kappa shape index (κ2) is 6.87. The average molecular weight is 364 g/mol. The Morgan fingerprint density at radius 2 is 1.89 bits per heavy atom. The van der Waals surface area contributed by atoms with Gasteiger partial charge < -0.3 is 14.4 Å². The number of aromatic nitrogens is 1. The summed E-state index contributed by atoms with van der Waals surface area (Å²) in [7, 11) is 0. The highest BCUT2D eigenvalue weighted by Crippen LogP contribution is 2.39. The molecule has 5 heteroatoms. The zero-order valence-electron chi connectivity index (χ0n) is 15.3. The fourth-order valence-electron chi connectivity index (χ4n) is 4.86. The lowest BCUT2D eigenvalue weighted by Gasteiger charge is -2.41. The van der Waals surface area contributed by atoms with Gasteiger partial charge in [0.25, 0.3) is 5.91 Å². The quantitative estimate of drug-likeness (QED) is 0.838. The molecule has 27 heavy (non-hydrogen) atoms. The largest absolute Gasteiger partial charge is 0.489 e. The Labute approximate surface area is 159 Å². The molecule has 1 amide bonds. The van der Waals surface area contributed by atoms with E-state index in [4.69, 9.17) is 9.47 Å². The van der Waals surface area contributed by atoms with E-state index >= 15 is 0 Å². The van der Waals surface area contributed by atoms with Gasteiger partial charge in [0.05, 0.1) is 6.20 Å². The summed E-state index contributed by atoms with van der Waals surface area (Å²) in [5.74, 6) is 1.84. The van der Waals surface area contributed by atoms with Crippen molar-refractivity contribution in [2.24, 2.45) is 0 Å². The van der Waals surface area contributed by atoms with Crippen molar-refractivity contribution in [2.75, 3.05) is 0 Å². The number of hydrogen-bond acceptors (Lipinski definition) is 4. The van der Waals surface area contributed by atoms with E-state index in [1.165, 1.54) is 5.56 Å². The molecule has 5 rings (SSSR count). The predicted molar refractivity (Wildman–Crippen MR) is 101 cm³/mol. The third-order valence-electron chi connectivity index (χ3n) is 6.07. The van der Waals surface area contributed by atoms with Gasteiger partial charge in [-0.1, -0.05) is 18.2 Å². The molecule has 2 bridgehead atoms. The molecule has 3 aliphatic heterocycles. The Balaban J connectivity index is 1.26. The van der Waals surface area contributed by atoms with Crippen LogP contribution in [0.4, 0.5) is 0 Å². The number of benzene rings is 1. The first-order valence-electron chi connectivity index (χ1n) is 9.91. The Morgan fingerprint density at radius 1 is 1.07 bits per heavy atom. The van der Waals surface area contributed by atoms with Crippen LogP contribution in [0.25, 0.3) is 0 Å². The maximum absolute atomic E-state index is 13.2. The summed E-state index contributed by atoms with van der Waals surface area (Å²) >= 11 is 0. The van der Waals surface area contributed by atoms with Gasteiger partial charge >= 0.3 is 0 Å². The first kappa shape index (κ1) is 16.6. The molecule has 3 aliphatic rings. The normalized spacial score (nSPS) is 29.0. The molecule has 0 saturated carbocycles. The maximum atomic E-state index is 13.2. The highest BCUT2D eigenvalue weighted by atomic mass is 16.5. The second-order valence-corrected chi connectivity index (χ2v) is 7.78. The van der Waals surface area contributed by atoms with E-state index in [1.54, 1.807) is 12.4 Å². The highest BCUT2D eigenvalue weighted by molar-refractivity contribution is 5.82. The van der Waals surface area contributed by atoms with Crippen LogP contribution in [0.5, 0.6) is 11.5 Å². The fourth-order valence-corrected chi connectivity index (χ4v) is 4.86. The van der Waals surface area contributed by atoms with Crippen molar-refractivity contribution in [3.05, 3.63) is 54.4 Å². The number of aryl methyl sites for hydroxylation is 1. The number of pyridine rings is 1. The van der Waals surface area contributed by atoms with Gasteiger partial charge in [-0.25, -0.2) is 0 Å². The molecular formula is C22H24N2O3. The number of amides is 1. The summed E-state index contributed by atoms with van der Waals surface area (Å²) in [5.41, 5.74) is 1.20. The minimum absolute atomic E-state index is 0.156. The van der Waals surface area contributed by atoms with Gasteiger partial charge in [-0.2, -0.15) is 0 Å². The van der Waals surface area contributed by atoms with Gasteiger partial charge in [0.2, 0.25) is 0 Å². The van der Waals surface area contributed by atoms with Crippen LogP contribution >= 0.6 is 0 Å². The van der Waals surface area contributed by atoms with Crippen molar-refractivity contribution in [2.45, 2.75) is 62.8 Å². The smallest absolute Gasteiger partial charge is 0.264 e. The van der Waals surface area contributed by atoms with E-state index < -0.39 is 0 Å². The van der Waals surface area contributed by atoms with Gasteiger partial charge in [-0.3, -0.25) is 9.78 Å². The highest BCUT2D eigenvalue weighted by Gasteiger charge is 2.46. The second-order valence-electron chi connectivity index (χ2n) is 7.78. The standard InChI is InChI=1S/C22H24N2O3/c25-22(21-10-7-15-4-1-2-6-20(15)27-21)24-16-8-9-17(24)13-19(12-16)26-18-5-3-11-23-14-18/h1-6,11,14,16-17,19,21H,7-10,12-13H2. The van der Waals surface area contributed by atoms with Crippen molar-refractivity contribution >= 4 is 5.91 Å². The fraction of sp³-hybridized carbons (Fsp3) is 0.455. The van der Waals surface area contributed by atoms with Crippen molar-refractivity contribution in [1.29, 1.82) is 0 Å². The number of ether oxygens (including phenoxy) is 2. The zero-order valence-corrected chi connectivity index (χ0v) is 15.3. The monoisotopic (exact) mass is 364 g/mol. The summed E-state index contributed by atoms with van der Waals surface area (Å²) in [6, 6.07) is 12.4. The lowest BCUT2D eigenvalue weighted by Crippen LogP contribution is -2.54. The molecule has 2 saturated heterocycles. The van der Waals surface area contributed by atoms with Crippen LogP contribution in [0.2, 0.25) is 0 Å². The van der Waals surface area contributed by atoms with E-state index in [1.807, 2.05) is 30.3 Å². The Kier molecular flexibility index (Phi) is 4.23. The molecule has 140 valence electrons. The molecule has 2 aromatic rings. The van der Waals surface area contributed by atoms with Crippen LogP contribution in [-0.2, 0) is 11.2 Å². The van der Waals surface area contributed by atoms with Crippen molar-refractivity contribution in [3.63, 3.8) is 0 Å². The number of carbonyl (C=O) groups excluding carboxylic acids is 1. The SMILES string of the molecule is O=C(C1CCc2ccccc2O1)N1C2CCC1CC(Oc1cccnc1)C2. The summed E-state index contributed by atoms with van der Waals surface area (Å²) in [6.07, 6.45) is 8.89. The zero-order chi connectivity index (χ0) is 18.2. The number of carbonyl (C=O) groups is 1. The van der Waals surface area contributed by atoms with Crippen molar-refractivity contribution in [1.82, 2.24) is 9.88 Å². The summed E-state index contributed by atoms with van der Waals surface area (Å²) in [4.78, 5) is 19.5. The topological polar surface area (TPSA) is 51.7 Å². The first-order chi connectivity index (χ1) is 13.3. The lowest BCUT2D eigenvalue weighted by atomic mass is 9.96. The van der Waals surface area contributed by atoms with E-state index in [9.17, 15) is 4.79 Å². The third kappa shape index (κ3) is 3.15. The van der Waals surface area contributed by atoms with Crippen LogP contribution < -0.4 is 9.47 Å². The molecule has 5 nitrogen and oxygen atoms in total. The summed E-state index contributed by atoms with van der Waals surface area (Å²) < 4.78 is 12.2. The number of nitrogens with zero attached hydrogens (tertiary/aromatic N) is 2. The van der Waals surface area contributed by atoms with Gasteiger partial charge in [-0.05, 0) is 49.4 Å². The van der Waals surface area contributed by atoms with E-state index in [2.05, 4.69) is 16.0 Å². The Morgan fingerprint density at radius 3 is 2.67 bits per heavy atom. The minimum Gasteiger partial charge on any atom is -0.489 e. The van der Waals surface area contributed by atoms with Gasteiger partial charge in [0.15, 0.2) is 6.10 Å². The van der Waals surface area contributed by atoms with Gasteiger partial charge in [0, 0.05) is 31.1 Å². The molecule has 1 aromatic heterocycles. The van der Waals surface area contributed by atoms with Crippen LogP contribution in [0.3, 0.4) is 0 Å². The predicted octanol–water partition coefficient (Wildman–Crippen LogP) is 3.38. The van der Waals surface area contributed by atoms with E-state index in [0.717, 1.165) is 50.0 Å². The molecule has 0 spiro atoms. The molecule has 0 N–H and O–H groups in total. The van der Waals surface area contributed by atoms with E-state index in [-0.39, 0.29) is 30.2 Å². The molecule has 3 unspecified atom stereocenters. The van der Waals surface area contributed by atoms with Crippen LogP contribution in [0.15, 0.2) is 48.8 Å². The number of para-hydroxylation sites is 1. The van der Waals surface area contributed by atoms with Gasteiger partial charge in [0.1, 0.15) is 17.6 Å². The third-order valence-corrected chi connectivity index (χ3v) is 6.07. The lowest BCUT2D eigenvalue weighted by molar-refractivity contribution is -0.145. The van der Waals surface area contributed by atoms with Crippen molar-refractivity contribution in [3.8, 4) is 11.5 Å². The molecule has 0 aliphatic carbocycles. The van der Waals surface area contributed by atoms with Crippen molar-refractivity contribution < 1.29 is 14.3 Å². The molecule has 2 fully saturated rings. The Hall–Kier alpha value is -2.56. The molecule has 4 heterocycles. The maximum Gasteiger partial charge on any atom is 0.264 e. The average Bonchev–Trinajstić information content (AvgIpc) is 2.98. The molecule has 3 atom stereocenters. The molecule has 1 aromatic carbocycles.